The Balaban J connectivity index is 1.52. The number of H-pyrrole nitrogens is 2. The molecule has 0 saturated heterocycles. The molecule has 0 saturated carbocycles. The molecule has 5 aromatic rings. The normalized spacial score (nSPS) is 11.8. The van der Waals surface area contributed by atoms with Gasteiger partial charge in [-0.15, -0.1) is 0 Å². The maximum absolute atomic E-state index is 12.4. The molecule has 0 aliphatic carbocycles. The fraction of sp³-hybridized carbons (Fsp3) is 0.280. The van der Waals surface area contributed by atoms with Crippen LogP contribution in [0.5, 0.6) is 0 Å². The van der Waals surface area contributed by atoms with E-state index in [1.165, 1.54) is 11.8 Å². The monoisotopic (exact) mass is 457 g/mol. The minimum absolute atomic E-state index is 0.244. The molecular formula is C25H27N7O2. The summed E-state index contributed by atoms with van der Waals surface area (Å²) in [5.74, 6) is 0.432. The Bertz CT molecular complexity index is 1480. The molecule has 5 rings (SSSR count). The summed E-state index contributed by atoms with van der Waals surface area (Å²) < 4.78 is 5.67. The first-order chi connectivity index (χ1) is 16.4. The fourth-order valence-corrected chi connectivity index (χ4v) is 4.22. The van der Waals surface area contributed by atoms with E-state index in [2.05, 4.69) is 50.4 Å². The zero-order chi connectivity index (χ0) is 23.8. The third kappa shape index (κ3) is 3.94. The average Bonchev–Trinajstić information content (AvgIpc) is 3.55. The van der Waals surface area contributed by atoms with Crippen molar-refractivity contribution in [1.82, 2.24) is 35.4 Å². The van der Waals surface area contributed by atoms with Crippen LogP contribution >= 0.6 is 0 Å². The van der Waals surface area contributed by atoms with E-state index in [1.54, 1.807) is 12.4 Å². The van der Waals surface area contributed by atoms with Crippen LogP contribution in [0.1, 0.15) is 35.8 Å². The van der Waals surface area contributed by atoms with Crippen molar-refractivity contribution in [2.75, 3.05) is 27.2 Å². The Hall–Kier alpha value is -3.98. The van der Waals surface area contributed by atoms with Crippen LogP contribution in [-0.4, -0.2) is 63.1 Å². The molecule has 4 heterocycles. The van der Waals surface area contributed by atoms with Crippen LogP contribution in [0.15, 0.2) is 47.3 Å². The highest BCUT2D eigenvalue weighted by Crippen LogP contribution is 2.39. The van der Waals surface area contributed by atoms with Gasteiger partial charge in [0.15, 0.2) is 11.3 Å². The molecule has 4 aromatic heterocycles. The molecule has 0 radical (unpaired) electrons. The number of hydrogen-bond acceptors (Lipinski definition) is 6. The van der Waals surface area contributed by atoms with Gasteiger partial charge in [-0.3, -0.25) is 9.89 Å². The number of hydrogen-bond donors (Lipinski definition) is 3. The van der Waals surface area contributed by atoms with Crippen LogP contribution in [0, 0.1) is 0 Å². The molecule has 0 bridgehead atoms. The van der Waals surface area contributed by atoms with E-state index in [0.29, 0.717) is 12.4 Å². The molecule has 1 amide bonds. The van der Waals surface area contributed by atoms with Crippen LogP contribution in [-0.2, 0) is 0 Å². The number of aromatic amines is 2. The van der Waals surface area contributed by atoms with Crippen molar-refractivity contribution in [3.05, 3.63) is 54.2 Å². The fourth-order valence-electron chi connectivity index (χ4n) is 4.22. The largest absolute Gasteiger partial charge is 0.444 e. The predicted octanol–water partition coefficient (Wildman–Crippen LogP) is 4.18. The lowest BCUT2D eigenvalue weighted by molar-refractivity contribution is 0.0946. The Morgan fingerprint density at radius 2 is 2.06 bits per heavy atom. The number of oxazole rings is 1. The van der Waals surface area contributed by atoms with Gasteiger partial charge in [0.05, 0.1) is 11.9 Å². The quantitative estimate of drug-likeness (QED) is 0.338. The molecule has 0 fully saturated rings. The number of benzene rings is 1. The second kappa shape index (κ2) is 8.75. The number of rotatable bonds is 7. The molecular weight excluding hydrogens is 430 g/mol. The minimum atomic E-state index is -0.244. The summed E-state index contributed by atoms with van der Waals surface area (Å²) in [5, 5.41) is 12.0. The van der Waals surface area contributed by atoms with E-state index >= 15 is 0 Å². The van der Waals surface area contributed by atoms with E-state index in [1.807, 2.05) is 37.2 Å². The van der Waals surface area contributed by atoms with Gasteiger partial charge in [-0.2, -0.15) is 5.10 Å². The molecule has 174 valence electrons. The van der Waals surface area contributed by atoms with Crippen molar-refractivity contribution >= 4 is 27.8 Å². The first-order valence-corrected chi connectivity index (χ1v) is 11.2. The summed E-state index contributed by atoms with van der Waals surface area (Å²) >= 11 is 0. The first-order valence-electron chi connectivity index (χ1n) is 11.2. The highest BCUT2D eigenvalue weighted by molar-refractivity contribution is 5.99. The average molecular weight is 458 g/mol. The smallest absolute Gasteiger partial charge is 0.273 e. The Morgan fingerprint density at radius 1 is 1.21 bits per heavy atom. The summed E-state index contributed by atoms with van der Waals surface area (Å²) in [5.41, 5.74) is 6.14. The lowest BCUT2D eigenvalue weighted by atomic mass is 9.95. The summed E-state index contributed by atoms with van der Waals surface area (Å²) in [6.07, 6.45) is 4.99. The van der Waals surface area contributed by atoms with Gasteiger partial charge in [0.2, 0.25) is 5.89 Å². The zero-order valence-electron chi connectivity index (χ0n) is 19.6. The van der Waals surface area contributed by atoms with Gasteiger partial charge >= 0.3 is 0 Å². The minimum Gasteiger partial charge on any atom is -0.444 e. The Labute approximate surface area is 196 Å². The lowest BCUT2D eigenvalue weighted by Crippen LogP contribution is -2.31. The van der Waals surface area contributed by atoms with E-state index < -0.39 is 0 Å². The number of pyridine rings is 1. The number of amides is 1. The topological polar surface area (TPSA) is 116 Å². The highest BCUT2D eigenvalue weighted by Gasteiger charge is 2.20. The number of nitrogens with one attached hydrogen (secondary N) is 3. The molecule has 0 spiro atoms. The second-order valence-corrected chi connectivity index (χ2v) is 8.92. The van der Waals surface area contributed by atoms with E-state index in [4.69, 9.17) is 4.42 Å². The molecule has 0 unspecified atom stereocenters. The van der Waals surface area contributed by atoms with Crippen molar-refractivity contribution in [2.45, 2.75) is 19.8 Å². The molecule has 0 atom stereocenters. The lowest BCUT2D eigenvalue weighted by Gasteiger charge is -2.09. The summed E-state index contributed by atoms with van der Waals surface area (Å²) in [7, 11) is 3.92. The van der Waals surface area contributed by atoms with E-state index in [0.717, 1.165) is 45.3 Å². The molecule has 34 heavy (non-hydrogen) atoms. The molecule has 0 aliphatic heterocycles. The molecule has 9 nitrogen and oxygen atoms in total. The molecule has 0 aliphatic rings. The number of nitrogens with zero attached hydrogens (tertiary/aromatic N) is 4. The summed E-state index contributed by atoms with van der Waals surface area (Å²) in [6, 6.07) is 8.05. The van der Waals surface area contributed by atoms with Gasteiger partial charge in [-0.25, -0.2) is 9.97 Å². The third-order valence-electron chi connectivity index (χ3n) is 5.87. The van der Waals surface area contributed by atoms with Gasteiger partial charge in [0.1, 0.15) is 6.26 Å². The van der Waals surface area contributed by atoms with Crippen LogP contribution in [0.4, 0.5) is 0 Å². The highest BCUT2D eigenvalue weighted by atomic mass is 16.3. The summed E-state index contributed by atoms with van der Waals surface area (Å²) in [4.78, 5) is 26.8. The van der Waals surface area contributed by atoms with Crippen molar-refractivity contribution in [1.29, 1.82) is 0 Å². The van der Waals surface area contributed by atoms with Crippen molar-refractivity contribution < 1.29 is 9.21 Å². The van der Waals surface area contributed by atoms with Crippen molar-refractivity contribution in [2.24, 2.45) is 0 Å². The van der Waals surface area contributed by atoms with Crippen molar-refractivity contribution in [3.63, 3.8) is 0 Å². The molecule has 9 heteroatoms. The Morgan fingerprint density at radius 3 is 2.85 bits per heavy atom. The van der Waals surface area contributed by atoms with Crippen molar-refractivity contribution in [3.8, 4) is 22.7 Å². The number of likely N-dealkylation sites (N-methyl/N-ethyl adjacent to an activating group) is 1. The maximum Gasteiger partial charge on any atom is 0.273 e. The maximum atomic E-state index is 12.4. The van der Waals surface area contributed by atoms with Crippen LogP contribution in [0.3, 0.4) is 0 Å². The number of carbonyl (C=O) groups excluding carboxylic acids is 1. The van der Waals surface area contributed by atoms with E-state index in [-0.39, 0.29) is 17.5 Å². The third-order valence-corrected chi connectivity index (χ3v) is 5.87. The predicted molar refractivity (Wildman–Crippen MR) is 132 cm³/mol. The van der Waals surface area contributed by atoms with Gasteiger partial charge in [-0.1, -0.05) is 13.8 Å². The van der Waals surface area contributed by atoms with Gasteiger partial charge < -0.3 is 19.6 Å². The van der Waals surface area contributed by atoms with Gasteiger partial charge in [-0.05, 0) is 49.8 Å². The molecule has 1 aromatic carbocycles. The van der Waals surface area contributed by atoms with Crippen LogP contribution in [0.25, 0.3) is 44.6 Å². The first kappa shape index (κ1) is 21.8. The number of fused-ring (bicyclic) bond motifs is 2. The van der Waals surface area contributed by atoms with E-state index in [9.17, 15) is 4.79 Å². The zero-order valence-corrected chi connectivity index (χ0v) is 19.6. The SMILES string of the molecule is CC(C)c1c(-c2ccnc3[nH]ncc23)[nH]c2ccc(-c3nc(C(=O)NCCN(C)C)co3)cc12. The number of carbonyl (C=O) groups is 1. The van der Waals surface area contributed by atoms with Crippen LogP contribution < -0.4 is 5.32 Å². The van der Waals surface area contributed by atoms with Crippen LogP contribution in [0.2, 0.25) is 0 Å². The standard InChI is InChI=1S/C25H27N7O2/c1-14(2)21-17-11-15(25-30-20(13-34-25)24(33)27-9-10-32(3)4)5-6-19(17)29-22(21)16-7-8-26-23-18(16)12-28-31-23/h5-8,11-14,29H,9-10H2,1-4H3,(H,27,33)(H,26,28,31). The summed E-state index contributed by atoms with van der Waals surface area (Å²) in [6.45, 7) is 5.65. The Kier molecular flexibility index (Phi) is 5.62. The van der Waals surface area contributed by atoms with Gasteiger partial charge in [0, 0.05) is 46.7 Å². The van der Waals surface area contributed by atoms with Gasteiger partial charge in [0.25, 0.3) is 5.91 Å². The molecule has 3 N–H and O–H groups in total. The number of aromatic nitrogens is 5. The second-order valence-electron chi connectivity index (χ2n) is 8.92.